The van der Waals surface area contributed by atoms with E-state index in [2.05, 4.69) is 5.10 Å². The minimum atomic E-state index is -1.24. The molecule has 0 saturated carbocycles. The summed E-state index contributed by atoms with van der Waals surface area (Å²) in [5, 5.41) is 11.4. The van der Waals surface area contributed by atoms with E-state index in [-0.39, 0.29) is 5.91 Å². The van der Waals surface area contributed by atoms with Gasteiger partial charge in [0.2, 0.25) is 5.54 Å². The van der Waals surface area contributed by atoms with Gasteiger partial charge in [-0.3, -0.25) is 4.79 Å². The number of hydrazone groups is 1. The topological polar surface area (TPSA) is 66.1 Å². The maximum absolute atomic E-state index is 14.2. The lowest BCUT2D eigenvalue weighted by Gasteiger charge is -2.41. The van der Waals surface area contributed by atoms with Crippen LogP contribution in [0.4, 0.5) is 11.5 Å². The van der Waals surface area contributed by atoms with Crippen LogP contribution < -0.4 is 4.90 Å². The molecule has 0 radical (unpaired) electrons. The Morgan fingerprint density at radius 2 is 1.78 bits per heavy atom. The first kappa shape index (κ1) is 19.0. The van der Waals surface area contributed by atoms with Crippen molar-refractivity contribution in [2.45, 2.75) is 19.4 Å². The van der Waals surface area contributed by atoms with E-state index in [0.717, 1.165) is 22.5 Å². The van der Waals surface area contributed by atoms with Crippen LogP contribution in [0.2, 0.25) is 0 Å². The monoisotopic (exact) mass is 442 g/mol. The zero-order chi connectivity index (χ0) is 22.0. The number of aromatic nitrogens is 2. The third kappa shape index (κ3) is 2.26. The van der Waals surface area contributed by atoms with Crippen LogP contribution in [0.5, 0.6) is 0 Å². The SMILES string of the molecule is CCN1C(=O)[C@]2(c3ccccc31)c1c(C)nn(-c3ccccc3)c1N=C1C=CC(Cl)=NN12. The molecular weight excluding hydrogens is 424 g/mol. The van der Waals surface area contributed by atoms with E-state index >= 15 is 0 Å². The second-order valence-electron chi connectivity index (χ2n) is 7.85. The predicted molar refractivity (Wildman–Crippen MR) is 125 cm³/mol. The number of hydrogen-bond donors (Lipinski definition) is 0. The Bertz CT molecular complexity index is 1370. The molecule has 1 spiro atoms. The van der Waals surface area contributed by atoms with Crippen LogP contribution >= 0.6 is 11.6 Å². The summed E-state index contributed by atoms with van der Waals surface area (Å²) in [5.74, 6) is 1.08. The van der Waals surface area contributed by atoms with Gasteiger partial charge in [0.25, 0.3) is 5.91 Å². The minimum Gasteiger partial charge on any atom is -0.310 e. The Hall–Kier alpha value is -3.71. The highest BCUT2D eigenvalue weighted by Gasteiger charge is 2.61. The van der Waals surface area contributed by atoms with Crippen LogP contribution in [0.3, 0.4) is 0 Å². The molecule has 0 aliphatic carbocycles. The van der Waals surface area contributed by atoms with Gasteiger partial charge in [0.15, 0.2) is 11.7 Å². The molecule has 0 bridgehead atoms. The summed E-state index contributed by atoms with van der Waals surface area (Å²) in [6.07, 6.45) is 3.48. The minimum absolute atomic E-state index is 0.0888. The number of anilines is 1. The van der Waals surface area contributed by atoms with Crippen LogP contribution in [-0.2, 0) is 10.3 Å². The van der Waals surface area contributed by atoms with Gasteiger partial charge in [-0.1, -0.05) is 48.0 Å². The van der Waals surface area contributed by atoms with E-state index in [0.29, 0.717) is 29.1 Å². The number of amides is 1. The van der Waals surface area contributed by atoms with Crippen LogP contribution in [0.25, 0.3) is 5.69 Å². The van der Waals surface area contributed by atoms with Crippen molar-refractivity contribution in [3.05, 3.63) is 83.6 Å². The normalized spacial score (nSPS) is 20.8. The van der Waals surface area contributed by atoms with Crippen molar-refractivity contribution in [2.75, 3.05) is 11.4 Å². The number of halogens is 1. The average Bonchev–Trinajstić information content (AvgIpc) is 3.27. The molecule has 0 unspecified atom stereocenters. The first-order valence-electron chi connectivity index (χ1n) is 10.5. The molecule has 0 N–H and O–H groups in total. The van der Waals surface area contributed by atoms with E-state index in [1.807, 2.05) is 68.4 Å². The van der Waals surface area contributed by atoms with E-state index in [9.17, 15) is 4.79 Å². The molecule has 2 aromatic carbocycles. The number of fused-ring (bicyclic) bond motifs is 6. The Kier molecular flexibility index (Phi) is 3.95. The largest absolute Gasteiger partial charge is 0.310 e. The average molecular weight is 443 g/mol. The van der Waals surface area contributed by atoms with E-state index < -0.39 is 5.54 Å². The first-order valence-corrected chi connectivity index (χ1v) is 10.8. The van der Waals surface area contributed by atoms with Gasteiger partial charge in [-0.25, -0.2) is 14.7 Å². The van der Waals surface area contributed by atoms with Crippen molar-refractivity contribution in [2.24, 2.45) is 10.1 Å². The van der Waals surface area contributed by atoms with Crippen molar-refractivity contribution in [3.8, 4) is 5.69 Å². The van der Waals surface area contributed by atoms with Crippen LogP contribution in [0, 0.1) is 6.92 Å². The molecule has 1 aromatic heterocycles. The van der Waals surface area contributed by atoms with Crippen molar-refractivity contribution in [1.82, 2.24) is 14.8 Å². The van der Waals surface area contributed by atoms with E-state index in [1.165, 1.54) is 0 Å². The maximum atomic E-state index is 14.2. The number of aliphatic imine (C=N–C) groups is 1. The lowest BCUT2D eigenvalue weighted by molar-refractivity contribution is -0.125. The maximum Gasteiger partial charge on any atom is 0.264 e. The summed E-state index contributed by atoms with van der Waals surface area (Å²) in [6, 6.07) is 17.7. The van der Waals surface area contributed by atoms with Gasteiger partial charge in [-0.2, -0.15) is 10.2 Å². The number of rotatable bonds is 2. The quantitative estimate of drug-likeness (QED) is 0.595. The zero-order valence-electron chi connectivity index (χ0n) is 17.5. The van der Waals surface area contributed by atoms with Gasteiger partial charge < -0.3 is 4.90 Å². The summed E-state index contributed by atoms with van der Waals surface area (Å²) in [6.45, 7) is 4.42. The van der Waals surface area contributed by atoms with E-state index in [4.69, 9.17) is 21.7 Å². The molecule has 1 atom stereocenters. The van der Waals surface area contributed by atoms with Gasteiger partial charge >= 0.3 is 0 Å². The van der Waals surface area contributed by atoms with Gasteiger partial charge in [0.1, 0.15) is 5.17 Å². The fraction of sp³-hybridized carbons (Fsp3) is 0.167. The van der Waals surface area contributed by atoms with Crippen LogP contribution in [-0.4, -0.2) is 38.2 Å². The molecule has 0 fully saturated rings. The molecule has 3 aliphatic heterocycles. The summed E-state index contributed by atoms with van der Waals surface area (Å²) in [5.41, 5.74) is 2.79. The summed E-state index contributed by atoms with van der Waals surface area (Å²) >= 11 is 6.33. The number of amidine groups is 1. The molecule has 8 heteroatoms. The van der Waals surface area contributed by atoms with Crippen LogP contribution in [0.15, 0.2) is 76.8 Å². The van der Waals surface area contributed by atoms with Crippen molar-refractivity contribution >= 4 is 40.0 Å². The number of likely N-dealkylation sites (N-methyl/N-ethyl adjacent to an activating group) is 1. The highest BCUT2D eigenvalue weighted by molar-refractivity contribution is 6.68. The van der Waals surface area contributed by atoms with Crippen molar-refractivity contribution in [1.29, 1.82) is 0 Å². The fourth-order valence-electron chi connectivity index (χ4n) is 4.93. The number of allylic oxidation sites excluding steroid dienone is 1. The smallest absolute Gasteiger partial charge is 0.264 e. The molecule has 4 heterocycles. The van der Waals surface area contributed by atoms with Gasteiger partial charge in [0, 0.05) is 12.1 Å². The third-order valence-corrected chi connectivity index (χ3v) is 6.38. The molecule has 158 valence electrons. The highest BCUT2D eigenvalue weighted by Crippen LogP contribution is 2.54. The number of aryl methyl sites for hydroxylation is 1. The highest BCUT2D eigenvalue weighted by atomic mass is 35.5. The predicted octanol–water partition coefficient (Wildman–Crippen LogP) is 4.26. The number of benzene rings is 2. The molecule has 3 aliphatic rings. The van der Waals surface area contributed by atoms with Gasteiger partial charge in [-0.05, 0) is 44.2 Å². The molecule has 1 amide bonds. The molecular formula is C24H19ClN6O. The molecule has 32 heavy (non-hydrogen) atoms. The Labute approximate surface area is 189 Å². The Morgan fingerprint density at radius 3 is 2.56 bits per heavy atom. The lowest BCUT2D eigenvalue weighted by Crippen LogP contribution is -2.56. The molecule has 6 rings (SSSR count). The lowest BCUT2D eigenvalue weighted by atomic mass is 9.81. The number of carbonyl (C=O) groups is 1. The standard InChI is InChI=1S/C24H19ClN6O/c1-3-29-18-12-8-7-11-17(18)24(23(29)32)21-15(2)27-30(16-9-5-4-6-10-16)22(21)26-20-14-13-19(25)28-31(20)24/h4-14H,3H2,1-2H3/t24-/m0/s1. The Balaban J connectivity index is 1.74. The number of para-hydroxylation sites is 2. The number of hydrogen-bond acceptors (Lipinski definition) is 5. The van der Waals surface area contributed by atoms with Crippen LogP contribution in [0.1, 0.15) is 23.7 Å². The fourth-order valence-corrected chi connectivity index (χ4v) is 5.06. The number of nitrogens with zero attached hydrogens (tertiary/aromatic N) is 6. The second kappa shape index (κ2) is 6.64. The molecule has 0 saturated heterocycles. The van der Waals surface area contributed by atoms with Crippen molar-refractivity contribution < 1.29 is 4.79 Å². The number of carbonyl (C=O) groups excluding carboxylic acids is 1. The molecule has 3 aromatic rings. The summed E-state index contributed by atoms with van der Waals surface area (Å²) in [4.78, 5) is 20.9. The van der Waals surface area contributed by atoms with Gasteiger partial charge in [-0.15, -0.1) is 0 Å². The van der Waals surface area contributed by atoms with Gasteiger partial charge in [0.05, 0.1) is 22.6 Å². The van der Waals surface area contributed by atoms with Crippen molar-refractivity contribution in [3.63, 3.8) is 0 Å². The third-order valence-electron chi connectivity index (χ3n) is 6.17. The first-order chi connectivity index (χ1) is 15.6. The zero-order valence-corrected chi connectivity index (χ0v) is 18.3. The second-order valence-corrected chi connectivity index (χ2v) is 8.23. The molecule has 7 nitrogen and oxygen atoms in total. The summed E-state index contributed by atoms with van der Waals surface area (Å²) in [7, 11) is 0. The summed E-state index contributed by atoms with van der Waals surface area (Å²) < 4.78 is 1.80. The Morgan fingerprint density at radius 1 is 1.03 bits per heavy atom. The van der Waals surface area contributed by atoms with E-state index in [1.54, 1.807) is 26.7 Å².